The van der Waals surface area contributed by atoms with Gasteiger partial charge in [0.05, 0.1) is 18.4 Å². The van der Waals surface area contributed by atoms with E-state index in [0.29, 0.717) is 0 Å². The van der Waals surface area contributed by atoms with Crippen molar-refractivity contribution in [2.24, 2.45) is 0 Å². The Morgan fingerprint density at radius 2 is 2.25 bits per heavy atom. The third kappa shape index (κ3) is 1.19. The molecule has 4 nitrogen and oxygen atoms in total. The van der Waals surface area contributed by atoms with Crippen molar-refractivity contribution < 1.29 is 9.26 Å². The SMILES string of the molecule is COc1ccc2c(c1)-c1[nH]oc(=O)c1CC2. The zero-order valence-corrected chi connectivity index (χ0v) is 8.87. The second kappa shape index (κ2) is 3.27. The van der Waals surface area contributed by atoms with E-state index in [1.54, 1.807) is 7.11 Å². The number of nitrogens with one attached hydrogen (secondary N) is 1. The van der Waals surface area contributed by atoms with E-state index in [9.17, 15) is 4.79 Å². The van der Waals surface area contributed by atoms with Gasteiger partial charge in [0.1, 0.15) is 5.75 Å². The van der Waals surface area contributed by atoms with E-state index < -0.39 is 0 Å². The standard InChI is InChI=1S/C12H11NO3/c1-15-8-4-2-7-3-5-9-11(10(7)6-8)13-16-12(9)14/h2,4,6,13H,3,5H2,1H3. The van der Waals surface area contributed by atoms with E-state index in [1.165, 1.54) is 5.56 Å². The summed E-state index contributed by atoms with van der Waals surface area (Å²) in [4.78, 5) is 11.4. The maximum atomic E-state index is 11.4. The first-order valence-corrected chi connectivity index (χ1v) is 5.17. The largest absolute Gasteiger partial charge is 0.497 e. The minimum absolute atomic E-state index is 0.261. The van der Waals surface area contributed by atoms with Gasteiger partial charge in [-0.15, -0.1) is 0 Å². The van der Waals surface area contributed by atoms with Gasteiger partial charge in [0.2, 0.25) is 0 Å². The number of aromatic amines is 1. The minimum atomic E-state index is -0.261. The summed E-state index contributed by atoms with van der Waals surface area (Å²) < 4.78 is 10.0. The Bertz CT molecular complexity index is 595. The summed E-state index contributed by atoms with van der Waals surface area (Å²) in [5.74, 6) is 0.786. The fourth-order valence-corrected chi connectivity index (χ4v) is 2.16. The lowest BCUT2D eigenvalue weighted by Crippen LogP contribution is -2.09. The highest BCUT2D eigenvalue weighted by molar-refractivity contribution is 5.70. The molecule has 0 aliphatic heterocycles. The second-order valence-electron chi connectivity index (χ2n) is 3.87. The molecule has 0 bridgehead atoms. The van der Waals surface area contributed by atoms with Gasteiger partial charge in [-0.1, -0.05) is 6.07 Å². The molecule has 3 rings (SSSR count). The second-order valence-corrected chi connectivity index (χ2v) is 3.87. The lowest BCUT2D eigenvalue weighted by molar-refractivity contribution is 0.392. The summed E-state index contributed by atoms with van der Waals surface area (Å²) in [5.41, 5.74) is 3.49. The Hall–Kier alpha value is -1.97. The molecule has 0 fully saturated rings. The molecule has 82 valence electrons. The topological polar surface area (TPSA) is 55.2 Å². The van der Waals surface area contributed by atoms with Crippen LogP contribution in [0.3, 0.4) is 0 Å². The van der Waals surface area contributed by atoms with Gasteiger partial charge in [0.25, 0.3) is 0 Å². The summed E-state index contributed by atoms with van der Waals surface area (Å²) in [6.45, 7) is 0. The van der Waals surface area contributed by atoms with Crippen LogP contribution < -0.4 is 10.4 Å². The van der Waals surface area contributed by atoms with E-state index >= 15 is 0 Å². The van der Waals surface area contributed by atoms with Gasteiger partial charge < -0.3 is 9.26 Å². The smallest absolute Gasteiger partial charge is 0.361 e. The van der Waals surface area contributed by atoms with Crippen molar-refractivity contribution in [1.82, 2.24) is 5.16 Å². The first kappa shape index (κ1) is 9.27. The third-order valence-corrected chi connectivity index (χ3v) is 3.02. The van der Waals surface area contributed by atoms with Gasteiger partial charge in [0.15, 0.2) is 0 Å². The Kier molecular flexibility index (Phi) is 1.89. The van der Waals surface area contributed by atoms with Crippen LogP contribution in [-0.4, -0.2) is 12.3 Å². The normalized spacial score (nSPS) is 13.1. The van der Waals surface area contributed by atoms with Gasteiger partial charge >= 0.3 is 5.63 Å². The van der Waals surface area contributed by atoms with Gasteiger partial charge in [-0.25, -0.2) is 9.95 Å². The van der Waals surface area contributed by atoms with Gasteiger partial charge in [-0.3, -0.25) is 0 Å². The van der Waals surface area contributed by atoms with Crippen molar-refractivity contribution in [1.29, 1.82) is 0 Å². The number of aryl methyl sites for hydroxylation is 1. The quantitative estimate of drug-likeness (QED) is 0.791. The molecule has 0 saturated heterocycles. The van der Waals surface area contributed by atoms with Crippen molar-refractivity contribution in [2.45, 2.75) is 12.8 Å². The summed E-state index contributed by atoms with van der Waals surface area (Å²) >= 11 is 0. The Morgan fingerprint density at radius 3 is 3.06 bits per heavy atom. The molecule has 0 spiro atoms. The maximum Gasteiger partial charge on any atom is 0.361 e. The predicted octanol–water partition coefficient (Wildman–Crippen LogP) is 1.74. The van der Waals surface area contributed by atoms with Crippen molar-refractivity contribution in [3.63, 3.8) is 0 Å². The Labute approximate surface area is 91.8 Å². The Morgan fingerprint density at radius 1 is 1.38 bits per heavy atom. The zero-order valence-electron chi connectivity index (χ0n) is 8.87. The van der Waals surface area contributed by atoms with E-state index in [2.05, 4.69) is 5.16 Å². The highest BCUT2D eigenvalue weighted by Crippen LogP contribution is 2.33. The molecular formula is C12H11NO3. The molecule has 2 aromatic rings. The lowest BCUT2D eigenvalue weighted by atomic mass is 9.90. The van der Waals surface area contributed by atoms with Gasteiger partial charge in [0, 0.05) is 5.56 Å². The number of rotatable bonds is 1. The van der Waals surface area contributed by atoms with Crippen molar-refractivity contribution in [2.75, 3.05) is 7.11 Å². The number of benzene rings is 1. The molecule has 0 radical (unpaired) electrons. The minimum Gasteiger partial charge on any atom is -0.497 e. The number of hydrogen-bond acceptors (Lipinski definition) is 3. The number of fused-ring (bicyclic) bond motifs is 3. The molecule has 0 saturated carbocycles. The van der Waals surface area contributed by atoms with Crippen LogP contribution in [0.1, 0.15) is 11.1 Å². The lowest BCUT2D eigenvalue weighted by Gasteiger charge is -2.15. The number of H-pyrrole nitrogens is 1. The van der Waals surface area contributed by atoms with Gasteiger partial charge in [-0.2, -0.15) is 0 Å². The van der Waals surface area contributed by atoms with Crippen molar-refractivity contribution in [3.05, 3.63) is 39.7 Å². The average molecular weight is 217 g/mol. The highest BCUT2D eigenvalue weighted by atomic mass is 16.5. The molecule has 1 aromatic carbocycles. The predicted molar refractivity (Wildman–Crippen MR) is 58.7 cm³/mol. The number of methoxy groups -OCH3 is 1. The van der Waals surface area contributed by atoms with Crippen LogP contribution in [0, 0.1) is 0 Å². The summed E-state index contributed by atoms with van der Waals surface area (Å²) in [6, 6.07) is 5.89. The number of hydrogen-bond donors (Lipinski definition) is 1. The fraction of sp³-hybridized carbons (Fsp3) is 0.250. The van der Waals surface area contributed by atoms with Crippen LogP contribution in [0.5, 0.6) is 5.75 Å². The average Bonchev–Trinajstić information content (AvgIpc) is 2.71. The third-order valence-electron chi connectivity index (χ3n) is 3.02. The van der Waals surface area contributed by atoms with E-state index in [-0.39, 0.29) is 5.63 Å². The first-order chi connectivity index (χ1) is 7.79. The van der Waals surface area contributed by atoms with Crippen LogP contribution in [-0.2, 0) is 12.8 Å². The van der Waals surface area contributed by atoms with Crippen molar-refractivity contribution >= 4 is 0 Å². The molecule has 1 N–H and O–H groups in total. The molecular weight excluding hydrogens is 206 g/mol. The molecule has 1 aliphatic rings. The van der Waals surface area contributed by atoms with Crippen LogP contribution in [0.15, 0.2) is 27.5 Å². The summed E-state index contributed by atoms with van der Waals surface area (Å²) in [7, 11) is 1.63. The molecule has 1 aliphatic carbocycles. The molecule has 1 aromatic heterocycles. The van der Waals surface area contributed by atoms with Crippen molar-refractivity contribution in [3.8, 4) is 17.0 Å². The van der Waals surface area contributed by atoms with E-state index in [4.69, 9.17) is 9.26 Å². The summed E-state index contributed by atoms with van der Waals surface area (Å²) in [6.07, 6.45) is 1.61. The maximum absolute atomic E-state index is 11.4. The van der Waals surface area contributed by atoms with Crippen LogP contribution in [0.25, 0.3) is 11.3 Å². The molecule has 0 amide bonds. The van der Waals surface area contributed by atoms with E-state index in [0.717, 1.165) is 35.4 Å². The molecule has 1 heterocycles. The number of ether oxygens (including phenoxy) is 1. The monoisotopic (exact) mass is 217 g/mol. The first-order valence-electron chi connectivity index (χ1n) is 5.17. The summed E-state index contributed by atoms with van der Waals surface area (Å²) in [5, 5.41) is 2.69. The van der Waals surface area contributed by atoms with Crippen LogP contribution in [0.4, 0.5) is 0 Å². The van der Waals surface area contributed by atoms with Crippen LogP contribution >= 0.6 is 0 Å². The van der Waals surface area contributed by atoms with E-state index in [1.807, 2.05) is 18.2 Å². The molecule has 0 unspecified atom stereocenters. The number of aromatic nitrogens is 1. The van der Waals surface area contributed by atoms with Crippen LogP contribution in [0.2, 0.25) is 0 Å². The molecule has 16 heavy (non-hydrogen) atoms. The van der Waals surface area contributed by atoms with Gasteiger partial charge in [-0.05, 0) is 30.5 Å². The Balaban J connectivity index is 2.25. The fourth-order valence-electron chi connectivity index (χ4n) is 2.16. The highest BCUT2D eigenvalue weighted by Gasteiger charge is 2.21. The molecule has 0 atom stereocenters. The molecule has 4 heteroatoms. The zero-order chi connectivity index (χ0) is 11.1.